The second kappa shape index (κ2) is 8.31. The monoisotopic (exact) mass is 354 g/mol. The molecule has 0 amide bonds. The van der Waals surface area contributed by atoms with Gasteiger partial charge < -0.3 is 18.9 Å². The summed E-state index contributed by atoms with van der Waals surface area (Å²) in [4.78, 5) is 0. The van der Waals surface area contributed by atoms with Gasteiger partial charge in [0.25, 0.3) is 0 Å². The van der Waals surface area contributed by atoms with E-state index in [1.165, 1.54) is 0 Å². The van der Waals surface area contributed by atoms with Gasteiger partial charge in [0.1, 0.15) is 18.3 Å². The summed E-state index contributed by atoms with van der Waals surface area (Å²) < 4.78 is 24.4. The minimum absolute atomic E-state index is 0.000891. The first-order valence-corrected chi connectivity index (χ1v) is 9.38. The van der Waals surface area contributed by atoms with Crippen LogP contribution in [-0.4, -0.2) is 37.1 Å². The first-order valence-electron chi connectivity index (χ1n) is 9.38. The van der Waals surface area contributed by atoms with Crippen LogP contribution in [0.25, 0.3) is 0 Å². The molecule has 0 bridgehead atoms. The molecule has 0 unspecified atom stereocenters. The van der Waals surface area contributed by atoms with Gasteiger partial charge in [-0.3, -0.25) is 0 Å². The van der Waals surface area contributed by atoms with Crippen LogP contribution in [0.3, 0.4) is 0 Å². The van der Waals surface area contributed by atoms with Crippen molar-refractivity contribution < 1.29 is 18.9 Å². The summed E-state index contributed by atoms with van der Waals surface area (Å²) in [7, 11) is 0. The molecule has 4 heteroatoms. The quantitative estimate of drug-likeness (QED) is 0.759. The Balaban J connectivity index is 1.36. The van der Waals surface area contributed by atoms with Gasteiger partial charge in [0.05, 0.1) is 32.0 Å². The molecule has 26 heavy (non-hydrogen) atoms. The molecule has 2 aliphatic rings. The molecule has 0 aromatic heterocycles. The Bertz CT molecular complexity index is 675. The summed E-state index contributed by atoms with van der Waals surface area (Å²) in [6.07, 6.45) is 1.06. The highest BCUT2D eigenvalue weighted by atomic mass is 16.6. The molecule has 2 heterocycles. The second-order valence-corrected chi connectivity index (χ2v) is 7.12. The van der Waals surface area contributed by atoms with E-state index in [0.29, 0.717) is 19.8 Å². The highest BCUT2D eigenvalue weighted by Crippen LogP contribution is 2.36. The first-order chi connectivity index (χ1) is 12.8. The third-order valence-electron chi connectivity index (χ3n) is 5.04. The van der Waals surface area contributed by atoms with E-state index in [-0.39, 0.29) is 30.5 Å². The van der Waals surface area contributed by atoms with Crippen molar-refractivity contribution >= 4 is 0 Å². The zero-order valence-electron chi connectivity index (χ0n) is 15.1. The topological polar surface area (TPSA) is 36.9 Å². The summed E-state index contributed by atoms with van der Waals surface area (Å²) in [5.41, 5.74) is 2.32. The lowest BCUT2D eigenvalue weighted by molar-refractivity contribution is -0.0992. The van der Waals surface area contributed by atoms with E-state index in [4.69, 9.17) is 18.9 Å². The van der Waals surface area contributed by atoms with Gasteiger partial charge in [-0.2, -0.15) is 0 Å². The molecular weight excluding hydrogens is 328 g/mol. The molecule has 0 spiro atoms. The number of fused-ring (bicyclic) bond motifs is 1. The fourth-order valence-electron chi connectivity index (χ4n) is 3.78. The number of benzene rings is 2. The van der Waals surface area contributed by atoms with Crippen LogP contribution < -0.4 is 0 Å². The molecule has 2 saturated heterocycles. The van der Waals surface area contributed by atoms with Crippen LogP contribution in [0, 0.1) is 0 Å². The SMILES string of the molecule is C[C@@H]1C[C@H]2O[C@@H](COCc3ccccc3)[C@H](OCc3ccccc3)[C@H]2O1. The summed E-state index contributed by atoms with van der Waals surface area (Å²) >= 11 is 0. The van der Waals surface area contributed by atoms with Crippen molar-refractivity contribution in [2.75, 3.05) is 6.61 Å². The maximum atomic E-state index is 6.24. The third kappa shape index (κ3) is 4.15. The van der Waals surface area contributed by atoms with Crippen molar-refractivity contribution in [1.29, 1.82) is 0 Å². The summed E-state index contributed by atoms with van der Waals surface area (Å²) in [5.74, 6) is 0. The Kier molecular flexibility index (Phi) is 5.65. The predicted octanol–water partition coefficient (Wildman–Crippen LogP) is 3.73. The summed E-state index contributed by atoms with van der Waals surface area (Å²) in [5, 5.41) is 0. The summed E-state index contributed by atoms with van der Waals surface area (Å²) in [6.45, 7) is 3.75. The summed E-state index contributed by atoms with van der Waals surface area (Å²) in [6, 6.07) is 20.4. The molecule has 4 rings (SSSR count). The molecule has 138 valence electrons. The number of ether oxygens (including phenoxy) is 4. The van der Waals surface area contributed by atoms with Crippen LogP contribution in [0.15, 0.2) is 60.7 Å². The zero-order chi connectivity index (χ0) is 17.8. The Morgan fingerprint density at radius 1 is 0.885 bits per heavy atom. The maximum absolute atomic E-state index is 6.24. The van der Waals surface area contributed by atoms with Gasteiger partial charge in [-0.1, -0.05) is 60.7 Å². The Hall–Kier alpha value is -1.72. The number of hydrogen-bond donors (Lipinski definition) is 0. The molecule has 2 fully saturated rings. The second-order valence-electron chi connectivity index (χ2n) is 7.12. The van der Waals surface area contributed by atoms with E-state index in [1.54, 1.807) is 0 Å². The van der Waals surface area contributed by atoms with Gasteiger partial charge in [-0.15, -0.1) is 0 Å². The average Bonchev–Trinajstić information content (AvgIpc) is 3.17. The first kappa shape index (κ1) is 17.7. The van der Waals surface area contributed by atoms with E-state index >= 15 is 0 Å². The van der Waals surface area contributed by atoms with Crippen LogP contribution in [0.1, 0.15) is 24.5 Å². The van der Waals surface area contributed by atoms with E-state index in [2.05, 4.69) is 31.2 Å². The standard InChI is InChI=1S/C22H26O4/c1-16-12-19-22(25-16)21(24-14-18-10-6-3-7-11-18)20(26-19)15-23-13-17-8-4-2-5-9-17/h2-11,16,19-22H,12-15H2,1H3/t16-,19-,20+,21+,22+/m1/s1. The molecule has 2 aliphatic heterocycles. The smallest absolute Gasteiger partial charge is 0.115 e. The fourth-order valence-corrected chi connectivity index (χ4v) is 3.78. The maximum Gasteiger partial charge on any atom is 0.115 e. The van der Waals surface area contributed by atoms with Gasteiger partial charge in [-0.25, -0.2) is 0 Å². The molecule has 0 saturated carbocycles. The van der Waals surface area contributed by atoms with Crippen molar-refractivity contribution in [3.05, 3.63) is 71.8 Å². The fraction of sp³-hybridized carbons (Fsp3) is 0.455. The highest BCUT2D eigenvalue weighted by Gasteiger charge is 2.50. The molecule has 0 N–H and O–H groups in total. The third-order valence-corrected chi connectivity index (χ3v) is 5.04. The van der Waals surface area contributed by atoms with Crippen molar-refractivity contribution in [3.8, 4) is 0 Å². The average molecular weight is 354 g/mol. The van der Waals surface area contributed by atoms with E-state index in [9.17, 15) is 0 Å². The molecule has 2 aromatic rings. The molecule has 4 nitrogen and oxygen atoms in total. The molecule has 2 aromatic carbocycles. The Morgan fingerprint density at radius 2 is 1.54 bits per heavy atom. The van der Waals surface area contributed by atoms with Crippen LogP contribution >= 0.6 is 0 Å². The lowest BCUT2D eigenvalue weighted by Gasteiger charge is -2.23. The minimum atomic E-state index is -0.0964. The molecule has 5 atom stereocenters. The van der Waals surface area contributed by atoms with Gasteiger partial charge >= 0.3 is 0 Å². The van der Waals surface area contributed by atoms with Crippen molar-refractivity contribution in [2.24, 2.45) is 0 Å². The van der Waals surface area contributed by atoms with Crippen molar-refractivity contribution in [3.63, 3.8) is 0 Å². The van der Waals surface area contributed by atoms with E-state index in [1.807, 2.05) is 36.4 Å². The van der Waals surface area contributed by atoms with Gasteiger partial charge in [0.15, 0.2) is 0 Å². The highest BCUT2D eigenvalue weighted by molar-refractivity contribution is 5.14. The van der Waals surface area contributed by atoms with Crippen LogP contribution in [0.2, 0.25) is 0 Å². The Morgan fingerprint density at radius 3 is 2.23 bits per heavy atom. The van der Waals surface area contributed by atoms with Gasteiger partial charge in [-0.05, 0) is 18.1 Å². The van der Waals surface area contributed by atoms with Crippen LogP contribution in [-0.2, 0) is 32.2 Å². The predicted molar refractivity (Wildman–Crippen MR) is 98.7 cm³/mol. The molecule has 0 radical (unpaired) electrons. The van der Waals surface area contributed by atoms with Crippen LogP contribution in [0.5, 0.6) is 0 Å². The Labute approximate surface area is 155 Å². The van der Waals surface area contributed by atoms with Crippen LogP contribution in [0.4, 0.5) is 0 Å². The number of hydrogen-bond acceptors (Lipinski definition) is 4. The van der Waals surface area contributed by atoms with Gasteiger partial charge in [0.2, 0.25) is 0 Å². The van der Waals surface area contributed by atoms with E-state index in [0.717, 1.165) is 17.5 Å². The van der Waals surface area contributed by atoms with E-state index < -0.39 is 0 Å². The minimum Gasteiger partial charge on any atom is -0.374 e. The van der Waals surface area contributed by atoms with Crippen molar-refractivity contribution in [2.45, 2.75) is 57.1 Å². The largest absolute Gasteiger partial charge is 0.374 e. The lowest BCUT2D eigenvalue weighted by atomic mass is 10.1. The number of rotatable bonds is 7. The molecule has 0 aliphatic carbocycles. The zero-order valence-corrected chi connectivity index (χ0v) is 15.1. The molecular formula is C22H26O4. The normalized spacial score (nSPS) is 30.4. The van der Waals surface area contributed by atoms with Gasteiger partial charge in [0, 0.05) is 6.42 Å². The van der Waals surface area contributed by atoms with Crippen molar-refractivity contribution in [1.82, 2.24) is 0 Å². The lowest BCUT2D eigenvalue weighted by Crippen LogP contribution is -2.37.